The molecule has 1 atom stereocenters. The van der Waals surface area contributed by atoms with Gasteiger partial charge in [-0.2, -0.15) is 0 Å². The van der Waals surface area contributed by atoms with Gasteiger partial charge in [-0.05, 0) is 68.8 Å². The first-order valence-electron chi connectivity index (χ1n) is 10.8. The third-order valence-corrected chi connectivity index (χ3v) is 4.69. The van der Waals surface area contributed by atoms with Crippen LogP contribution in [0.2, 0.25) is 0 Å². The van der Waals surface area contributed by atoms with Crippen molar-refractivity contribution in [2.45, 2.75) is 32.3 Å². The van der Waals surface area contributed by atoms with Crippen molar-refractivity contribution in [3.63, 3.8) is 0 Å². The van der Waals surface area contributed by atoms with Crippen LogP contribution in [0.5, 0.6) is 0 Å². The number of para-hydroxylation sites is 2. The molecule has 3 amide bonds. The summed E-state index contributed by atoms with van der Waals surface area (Å²) >= 11 is 0. The highest BCUT2D eigenvalue weighted by molar-refractivity contribution is 6.08. The number of aldehydes is 1. The molecule has 0 radical (unpaired) electrons. The van der Waals surface area contributed by atoms with Crippen molar-refractivity contribution in [3.8, 4) is 0 Å². The lowest BCUT2D eigenvalue weighted by Gasteiger charge is -2.20. The largest absolute Gasteiger partial charge is 0.444 e. The van der Waals surface area contributed by atoms with Gasteiger partial charge in [0.05, 0.1) is 11.4 Å². The number of carbonyl (C=O) groups excluding carboxylic acids is 4. The highest BCUT2D eigenvalue weighted by atomic mass is 16.6. The molecule has 2 aromatic carbocycles. The quantitative estimate of drug-likeness (QED) is 0.339. The predicted octanol–water partition coefficient (Wildman–Crippen LogP) is 4.60. The van der Waals surface area contributed by atoms with Crippen molar-refractivity contribution in [2.24, 2.45) is 0 Å². The Morgan fingerprint density at radius 1 is 0.886 bits per heavy atom. The van der Waals surface area contributed by atoms with Crippen LogP contribution in [0, 0.1) is 0 Å². The van der Waals surface area contributed by atoms with Crippen molar-refractivity contribution in [2.75, 3.05) is 16.0 Å². The van der Waals surface area contributed by atoms with E-state index in [1.807, 2.05) is 0 Å². The van der Waals surface area contributed by atoms with Crippen LogP contribution < -0.4 is 16.0 Å². The van der Waals surface area contributed by atoms with Crippen molar-refractivity contribution in [1.82, 2.24) is 4.98 Å². The Balaban J connectivity index is 1.65. The third kappa shape index (κ3) is 7.23. The Bertz CT molecular complexity index is 1200. The monoisotopic (exact) mass is 474 g/mol. The molecule has 0 bridgehead atoms. The number of carbonyl (C=O) groups is 4. The van der Waals surface area contributed by atoms with E-state index in [2.05, 4.69) is 20.9 Å². The molecule has 0 spiro atoms. The number of ether oxygens (including phenoxy) is 1. The fraction of sp³-hybridized carbons (Fsp3) is 0.192. The zero-order chi connectivity index (χ0) is 25.4. The Morgan fingerprint density at radius 3 is 2.11 bits per heavy atom. The summed E-state index contributed by atoms with van der Waals surface area (Å²) < 4.78 is 5.26. The second-order valence-corrected chi connectivity index (χ2v) is 8.59. The van der Waals surface area contributed by atoms with E-state index in [9.17, 15) is 19.2 Å². The number of aromatic nitrogens is 1. The van der Waals surface area contributed by atoms with E-state index in [-0.39, 0.29) is 0 Å². The molecule has 0 aliphatic heterocycles. The lowest BCUT2D eigenvalue weighted by atomic mass is 10.0. The summed E-state index contributed by atoms with van der Waals surface area (Å²) in [5, 5.41) is 8.05. The summed E-state index contributed by atoms with van der Waals surface area (Å²) in [5.74, 6) is -1.92. The highest BCUT2D eigenvalue weighted by Gasteiger charge is 2.21. The second kappa shape index (κ2) is 11.1. The van der Waals surface area contributed by atoms with Crippen LogP contribution in [0.15, 0.2) is 73.1 Å². The number of benzene rings is 2. The summed E-state index contributed by atoms with van der Waals surface area (Å²) in [7, 11) is 0. The minimum absolute atomic E-state index is 0.328. The van der Waals surface area contributed by atoms with E-state index in [0.29, 0.717) is 34.5 Å². The Kier molecular flexibility index (Phi) is 7.93. The van der Waals surface area contributed by atoms with E-state index < -0.39 is 29.4 Å². The molecule has 1 aromatic heterocycles. The van der Waals surface area contributed by atoms with Crippen LogP contribution in [0.1, 0.15) is 42.6 Å². The summed E-state index contributed by atoms with van der Waals surface area (Å²) in [5.41, 5.74) is 1.35. The van der Waals surface area contributed by atoms with E-state index in [4.69, 9.17) is 4.74 Å². The molecule has 0 saturated carbocycles. The molecule has 3 N–H and O–H groups in total. The molecule has 9 nitrogen and oxygen atoms in total. The first-order valence-corrected chi connectivity index (χ1v) is 10.8. The number of hydrogen-bond acceptors (Lipinski definition) is 6. The molecule has 9 heteroatoms. The third-order valence-electron chi connectivity index (χ3n) is 4.69. The minimum Gasteiger partial charge on any atom is -0.444 e. The van der Waals surface area contributed by atoms with Crippen LogP contribution in [0.4, 0.5) is 21.9 Å². The van der Waals surface area contributed by atoms with Gasteiger partial charge >= 0.3 is 6.09 Å². The van der Waals surface area contributed by atoms with E-state index in [1.54, 1.807) is 75.5 Å². The van der Waals surface area contributed by atoms with Gasteiger partial charge in [0.2, 0.25) is 5.91 Å². The van der Waals surface area contributed by atoms with Crippen LogP contribution in [0.25, 0.3) is 0 Å². The molecule has 3 rings (SSSR count). The van der Waals surface area contributed by atoms with Gasteiger partial charge in [-0.25, -0.2) is 4.79 Å². The number of anilines is 3. The van der Waals surface area contributed by atoms with Crippen LogP contribution >= 0.6 is 0 Å². The molecule has 1 heterocycles. The van der Waals surface area contributed by atoms with Crippen molar-refractivity contribution in [3.05, 3.63) is 84.2 Å². The van der Waals surface area contributed by atoms with E-state index in [1.165, 1.54) is 18.3 Å². The van der Waals surface area contributed by atoms with Gasteiger partial charge in [-0.1, -0.05) is 18.2 Å². The molecule has 0 saturated heterocycles. The normalized spacial score (nSPS) is 11.6. The molecule has 0 fully saturated rings. The van der Waals surface area contributed by atoms with Gasteiger partial charge in [0.1, 0.15) is 17.8 Å². The van der Waals surface area contributed by atoms with Crippen LogP contribution in [-0.4, -0.2) is 34.8 Å². The zero-order valence-corrected chi connectivity index (χ0v) is 19.6. The lowest BCUT2D eigenvalue weighted by Crippen LogP contribution is -2.27. The average Bonchev–Trinajstić information content (AvgIpc) is 2.81. The SMILES string of the molecule is CC(C)(C)OC(=O)Nc1ccccc1NC(=O)c1ccc(NC(=O)C(C=O)c2cccnc2)cc1. The van der Waals surface area contributed by atoms with Gasteiger partial charge in [-0.15, -0.1) is 0 Å². The molecular formula is C26H26N4O5. The summed E-state index contributed by atoms with van der Waals surface area (Å²) in [6.07, 6.45) is 2.93. The van der Waals surface area contributed by atoms with Gasteiger partial charge in [0, 0.05) is 23.6 Å². The number of pyridine rings is 1. The van der Waals surface area contributed by atoms with Crippen LogP contribution in [-0.2, 0) is 14.3 Å². The topological polar surface area (TPSA) is 126 Å². The Labute approximate surface area is 202 Å². The zero-order valence-electron chi connectivity index (χ0n) is 19.6. The predicted molar refractivity (Wildman–Crippen MR) is 132 cm³/mol. The standard InChI is InChI=1S/C26H26N4O5/c1-26(2,3)35-25(34)30-22-9-5-4-8-21(22)29-23(32)17-10-12-19(13-11-17)28-24(33)20(16-31)18-7-6-14-27-15-18/h4-16,20H,1-3H3,(H,28,33)(H,29,32)(H,30,34). The molecule has 35 heavy (non-hydrogen) atoms. The van der Waals surface area contributed by atoms with Gasteiger partial charge in [0.25, 0.3) is 5.91 Å². The number of nitrogens with one attached hydrogen (secondary N) is 3. The van der Waals surface area contributed by atoms with Crippen molar-refractivity contribution in [1.29, 1.82) is 0 Å². The Hall–Kier alpha value is -4.53. The molecule has 3 aromatic rings. The van der Waals surface area contributed by atoms with Crippen molar-refractivity contribution < 1.29 is 23.9 Å². The molecular weight excluding hydrogens is 448 g/mol. The lowest BCUT2D eigenvalue weighted by molar-refractivity contribution is -0.122. The maximum Gasteiger partial charge on any atom is 0.412 e. The van der Waals surface area contributed by atoms with Gasteiger partial charge in [-0.3, -0.25) is 19.9 Å². The molecule has 1 unspecified atom stereocenters. The number of nitrogens with zero attached hydrogens (tertiary/aromatic N) is 1. The fourth-order valence-electron chi connectivity index (χ4n) is 3.09. The minimum atomic E-state index is -0.999. The second-order valence-electron chi connectivity index (χ2n) is 8.59. The maximum atomic E-state index is 12.8. The summed E-state index contributed by atoms with van der Waals surface area (Å²) in [6, 6.07) is 16.2. The first kappa shape index (κ1) is 25.1. The maximum absolute atomic E-state index is 12.8. The van der Waals surface area contributed by atoms with E-state index >= 15 is 0 Å². The number of hydrogen-bond donors (Lipinski definition) is 3. The number of rotatable bonds is 7. The molecule has 180 valence electrons. The molecule has 0 aliphatic rings. The van der Waals surface area contributed by atoms with Crippen LogP contribution in [0.3, 0.4) is 0 Å². The Morgan fingerprint density at radius 2 is 1.54 bits per heavy atom. The summed E-state index contributed by atoms with van der Waals surface area (Å²) in [6.45, 7) is 5.26. The van der Waals surface area contributed by atoms with Gasteiger partial charge < -0.3 is 20.2 Å². The summed E-state index contributed by atoms with van der Waals surface area (Å²) in [4.78, 5) is 52.8. The molecule has 0 aliphatic carbocycles. The highest BCUT2D eigenvalue weighted by Crippen LogP contribution is 2.23. The first-order chi connectivity index (χ1) is 16.7. The van der Waals surface area contributed by atoms with E-state index in [0.717, 1.165) is 0 Å². The van der Waals surface area contributed by atoms with Crippen molar-refractivity contribution >= 4 is 41.3 Å². The van der Waals surface area contributed by atoms with Gasteiger partial charge in [0.15, 0.2) is 0 Å². The number of amides is 3. The fourth-order valence-corrected chi connectivity index (χ4v) is 3.09. The average molecular weight is 475 g/mol. The smallest absolute Gasteiger partial charge is 0.412 e.